The summed E-state index contributed by atoms with van der Waals surface area (Å²) in [6.07, 6.45) is 0.732. The number of para-hydroxylation sites is 2. The molecule has 0 atom stereocenters. The molecule has 0 aliphatic rings. The summed E-state index contributed by atoms with van der Waals surface area (Å²) in [5.41, 5.74) is 6.79. The second-order valence-electron chi connectivity index (χ2n) is 8.33. The van der Waals surface area contributed by atoms with Crippen LogP contribution in [0.15, 0.2) is 47.5 Å². The molecule has 7 heteroatoms. The first-order chi connectivity index (χ1) is 16.3. The molecule has 0 saturated heterocycles. The fraction of sp³-hybridized carbons (Fsp3) is 0.370. The maximum atomic E-state index is 13.1. The third-order valence-corrected chi connectivity index (χ3v) is 5.62. The first kappa shape index (κ1) is 25.0. The van der Waals surface area contributed by atoms with E-state index >= 15 is 0 Å². The summed E-state index contributed by atoms with van der Waals surface area (Å²) in [7, 11) is 0. The zero-order valence-corrected chi connectivity index (χ0v) is 21.0. The van der Waals surface area contributed by atoms with Crippen LogP contribution in [-0.2, 0) is 13.0 Å². The van der Waals surface area contributed by atoms with Crippen LogP contribution >= 0.6 is 0 Å². The third-order valence-electron chi connectivity index (χ3n) is 5.62. The van der Waals surface area contributed by atoms with Crippen LogP contribution in [0.25, 0.3) is 0 Å². The van der Waals surface area contributed by atoms with Gasteiger partial charge in [0.05, 0.1) is 18.0 Å². The van der Waals surface area contributed by atoms with Crippen molar-refractivity contribution in [3.05, 3.63) is 76.1 Å². The van der Waals surface area contributed by atoms with Gasteiger partial charge in [-0.1, -0.05) is 29.3 Å². The lowest BCUT2D eigenvalue weighted by atomic mass is 10.1. The maximum Gasteiger partial charge on any atom is 0.257 e. The first-order valence-electron chi connectivity index (χ1n) is 11.8. The van der Waals surface area contributed by atoms with Crippen LogP contribution in [0.3, 0.4) is 0 Å². The molecule has 1 amide bonds. The van der Waals surface area contributed by atoms with Gasteiger partial charge in [-0.2, -0.15) is 5.10 Å². The molecule has 1 heterocycles. The van der Waals surface area contributed by atoms with Crippen LogP contribution in [0.2, 0.25) is 0 Å². The number of aromatic nitrogens is 2. The van der Waals surface area contributed by atoms with Crippen LogP contribution in [0, 0.1) is 27.7 Å². The molecule has 3 rings (SSSR count). The van der Waals surface area contributed by atoms with Gasteiger partial charge in [-0.3, -0.25) is 19.8 Å². The predicted octanol–water partition coefficient (Wildman–Crippen LogP) is 4.98. The van der Waals surface area contributed by atoms with Gasteiger partial charge in [0.1, 0.15) is 5.75 Å². The lowest BCUT2D eigenvalue weighted by Gasteiger charge is -2.15. The summed E-state index contributed by atoms with van der Waals surface area (Å²) in [6, 6.07) is 13.4. The van der Waals surface area contributed by atoms with Gasteiger partial charge in [-0.15, -0.1) is 0 Å². The van der Waals surface area contributed by atoms with E-state index in [1.165, 1.54) is 5.56 Å². The molecule has 0 radical (unpaired) electrons. The highest BCUT2D eigenvalue weighted by Crippen LogP contribution is 2.23. The Kier molecular flexibility index (Phi) is 8.46. The van der Waals surface area contributed by atoms with Gasteiger partial charge in [0, 0.05) is 24.3 Å². The number of nitrogens with zero attached hydrogens (tertiary/aromatic N) is 3. The Balaban J connectivity index is 1.85. The number of anilines is 1. The SMILES string of the molecule is CCOc1ccccc1NC(=NCCc1c(C)nn(CC)c1C)NC(=O)c1cc(C)cc(C)c1. The first-order valence-corrected chi connectivity index (χ1v) is 11.8. The lowest BCUT2D eigenvalue weighted by molar-refractivity contribution is 0.0976. The molecule has 34 heavy (non-hydrogen) atoms. The van der Waals surface area contributed by atoms with Gasteiger partial charge >= 0.3 is 0 Å². The van der Waals surface area contributed by atoms with Crippen LogP contribution in [0.1, 0.15) is 52.3 Å². The standard InChI is InChI=1S/C27H35N5O2/c1-7-32-21(6)23(20(5)31-32)13-14-28-27(29-24-11-9-10-12-25(24)34-8-2)30-26(33)22-16-18(3)15-19(4)17-22/h9-12,15-17H,7-8,13-14H2,1-6H3,(H2,28,29,30,33). The minimum absolute atomic E-state index is 0.210. The van der Waals surface area contributed by atoms with Gasteiger partial charge in [0.15, 0.2) is 0 Å². The number of ether oxygens (including phenoxy) is 1. The highest BCUT2D eigenvalue weighted by molar-refractivity contribution is 6.10. The maximum absolute atomic E-state index is 13.1. The average molecular weight is 462 g/mol. The Morgan fingerprint density at radius 3 is 2.41 bits per heavy atom. The molecule has 0 spiro atoms. The van der Waals surface area contributed by atoms with Gasteiger partial charge in [-0.25, -0.2) is 0 Å². The molecule has 2 aromatic carbocycles. The van der Waals surface area contributed by atoms with Crippen molar-refractivity contribution in [2.75, 3.05) is 18.5 Å². The van der Waals surface area contributed by atoms with E-state index in [4.69, 9.17) is 9.73 Å². The molecular formula is C27H35N5O2. The van der Waals surface area contributed by atoms with Crippen LogP contribution in [-0.4, -0.2) is 34.8 Å². The van der Waals surface area contributed by atoms with Crippen molar-refractivity contribution in [3.8, 4) is 5.75 Å². The number of aliphatic imine (C=N–C) groups is 1. The van der Waals surface area contributed by atoms with Crippen molar-refractivity contribution >= 4 is 17.6 Å². The summed E-state index contributed by atoms with van der Waals surface area (Å²) >= 11 is 0. The molecule has 0 fully saturated rings. The van der Waals surface area contributed by atoms with Crippen molar-refractivity contribution in [1.82, 2.24) is 15.1 Å². The van der Waals surface area contributed by atoms with E-state index < -0.39 is 0 Å². The number of guanidine groups is 1. The number of nitrogens with one attached hydrogen (secondary N) is 2. The summed E-state index contributed by atoms with van der Waals surface area (Å²) < 4.78 is 7.75. The number of carbonyl (C=O) groups excluding carboxylic acids is 1. The molecule has 0 aliphatic carbocycles. The Labute approximate surface area is 202 Å². The van der Waals surface area contributed by atoms with Crippen molar-refractivity contribution in [3.63, 3.8) is 0 Å². The fourth-order valence-corrected chi connectivity index (χ4v) is 4.06. The molecule has 2 N–H and O–H groups in total. The molecular weight excluding hydrogens is 426 g/mol. The summed E-state index contributed by atoms with van der Waals surface area (Å²) in [6.45, 7) is 14.0. The number of benzene rings is 2. The number of rotatable bonds is 8. The number of hydrogen-bond acceptors (Lipinski definition) is 4. The number of amides is 1. The number of hydrogen-bond donors (Lipinski definition) is 2. The quantitative estimate of drug-likeness (QED) is 0.366. The summed E-state index contributed by atoms with van der Waals surface area (Å²) in [5, 5.41) is 10.8. The molecule has 3 aromatic rings. The Morgan fingerprint density at radius 1 is 1.06 bits per heavy atom. The average Bonchev–Trinajstić information content (AvgIpc) is 3.07. The third kappa shape index (κ3) is 6.25. The Morgan fingerprint density at radius 2 is 1.76 bits per heavy atom. The van der Waals surface area contributed by atoms with Gasteiger partial charge in [0.25, 0.3) is 5.91 Å². The van der Waals surface area contributed by atoms with Crippen LogP contribution < -0.4 is 15.4 Å². The molecule has 1 aromatic heterocycles. The lowest BCUT2D eigenvalue weighted by Crippen LogP contribution is -2.36. The topological polar surface area (TPSA) is 80.5 Å². The minimum atomic E-state index is -0.210. The molecule has 180 valence electrons. The normalized spacial score (nSPS) is 11.4. The summed E-state index contributed by atoms with van der Waals surface area (Å²) in [4.78, 5) is 17.8. The fourth-order valence-electron chi connectivity index (χ4n) is 4.06. The van der Waals surface area contributed by atoms with E-state index in [0.29, 0.717) is 30.4 Å². The minimum Gasteiger partial charge on any atom is -0.492 e. The predicted molar refractivity (Wildman–Crippen MR) is 138 cm³/mol. The zero-order valence-electron chi connectivity index (χ0n) is 21.0. The number of aryl methyl sites for hydroxylation is 4. The van der Waals surface area contributed by atoms with E-state index in [2.05, 4.69) is 29.6 Å². The van der Waals surface area contributed by atoms with Gasteiger partial charge < -0.3 is 10.1 Å². The van der Waals surface area contributed by atoms with Crippen LogP contribution in [0.5, 0.6) is 5.75 Å². The Bertz CT molecular complexity index is 1160. The van der Waals surface area contributed by atoms with E-state index in [1.807, 2.05) is 74.8 Å². The van der Waals surface area contributed by atoms with E-state index in [0.717, 1.165) is 41.2 Å². The van der Waals surface area contributed by atoms with Crippen LogP contribution in [0.4, 0.5) is 5.69 Å². The van der Waals surface area contributed by atoms with Gasteiger partial charge in [0.2, 0.25) is 5.96 Å². The van der Waals surface area contributed by atoms with Crippen molar-refractivity contribution < 1.29 is 9.53 Å². The van der Waals surface area contributed by atoms with Crippen molar-refractivity contribution in [2.24, 2.45) is 4.99 Å². The van der Waals surface area contributed by atoms with E-state index in [9.17, 15) is 4.79 Å². The second-order valence-corrected chi connectivity index (χ2v) is 8.33. The van der Waals surface area contributed by atoms with E-state index in [-0.39, 0.29) is 5.91 Å². The highest BCUT2D eigenvalue weighted by atomic mass is 16.5. The second kappa shape index (κ2) is 11.5. The molecule has 0 bridgehead atoms. The monoisotopic (exact) mass is 461 g/mol. The molecule has 0 unspecified atom stereocenters. The Hall–Kier alpha value is -3.61. The zero-order chi connectivity index (χ0) is 24.7. The summed E-state index contributed by atoms with van der Waals surface area (Å²) in [5.74, 6) is 0.877. The van der Waals surface area contributed by atoms with E-state index in [1.54, 1.807) is 0 Å². The van der Waals surface area contributed by atoms with Crippen molar-refractivity contribution in [1.29, 1.82) is 0 Å². The smallest absolute Gasteiger partial charge is 0.257 e. The molecule has 0 aliphatic heterocycles. The molecule has 7 nitrogen and oxygen atoms in total. The number of carbonyl (C=O) groups is 1. The molecule has 0 saturated carbocycles. The van der Waals surface area contributed by atoms with Gasteiger partial charge in [-0.05, 0) is 77.8 Å². The highest BCUT2D eigenvalue weighted by Gasteiger charge is 2.14. The largest absolute Gasteiger partial charge is 0.492 e. The van der Waals surface area contributed by atoms with Crippen molar-refractivity contribution in [2.45, 2.75) is 54.5 Å².